The summed E-state index contributed by atoms with van der Waals surface area (Å²) in [4.78, 5) is 2.40. The summed E-state index contributed by atoms with van der Waals surface area (Å²) < 4.78 is 2.51. The first-order chi connectivity index (χ1) is 31.3. The van der Waals surface area contributed by atoms with Gasteiger partial charge in [0.15, 0.2) is 0 Å². The zero-order valence-corrected chi connectivity index (χ0v) is 34.5. The lowest BCUT2D eigenvalue weighted by Crippen LogP contribution is -2.33. The summed E-state index contributed by atoms with van der Waals surface area (Å²) in [6, 6.07) is 89.4. The van der Waals surface area contributed by atoms with Gasteiger partial charge in [0.05, 0.1) is 27.8 Å². The van der Waals surface area contributed by atoms with Crippen molar-refractivity contribution < 1.29 is 0 Å². The quantitative estimate of drug-likeness (QED) is 0.163. The lowest BCUT2D eigenvalue weighted by atomic mass is 9.65. The van der Waals surface area contributed by atoms with E-state index in [1.54, 1.807) is 0 Å². The molecule has 1 aromatic heterocycles. The van der Waals surface area contributed by atoms with Gasteiger partial charge in [-0.15, -0.1) is 0 Å². The molecule has 0 bridgehead atoms. The lowest BCUT2D eigenvalue weighted by Gasteiger charge is -2.39. The predicted molar refractivity (Wildman–Crippen MR) is 263 cm³/mol. The van der Waals surface area contributed by atoms with Crippen LogP contribution >= 0.6 is 0 Å². The predicted octanol–water partition coefficient (Wildman–Crippen LogP) is 15.9. The second-order valence-corrected chi connectivity index (χ2v) is 16.8. The van der Waals surface area contributed by atoms with Crippen LogP contribution in [0.5, 0.6) is 0 Å². The average Bonchev–Trinajstić information content (AvgIpc) is 3.86. The van der Waals surface area contributed by atoms with Crippen molar-refractivity contribution in [2.24, 2.45) is 0 Å². The summed E-state index contributed by atoms with van der Waals surface area (Å²) in [5.41, 5.74) is 21.7. The fourth-order valence-electron chi connectivity index (χ4n) is 11.1. The van der Waals surface area contributed by atoms with Gasteiger partial charge in [-0.3, -0.25) is 0 Å². The SMILES string of the molecule is c1ccc(-c2cccc(-c3ccccc3N(c3ccccc3)c3ccc(-c4cccc5c4-c4ccccc4C54c5ccccc5-n5c6ccccc6c6cccc4c65)cc3)c2)cc1. The number of aromatic nitrogens is 1. The van der Waals surface area contributed by atoms with Gasteiger partial charge in [-0.25, -0.2) is 0 Å². The van der Waals surface area contributed by atoms with Crippen LogP contribution in [0.2, 0.25) is 0 Å². The first-order valence-corrected chi connectivity index (χ1v) is 21.9. The molecule has 0 amide bonds. The normalized spacial score (nSPS) is 14.4. The zero-order valence-electron chi connectivity index (χ0n) is 34.5. The highest BCUT2D eigenvalue weighted by atomic mass is 15.1. The molecule has 0 saturated carbocycles. The number of fused-ring (bicyclic) bond motifs is 12. The highest BCUT2D eigenvalue weighted by Crippen LogP contribution is 2.62. The molecule has 294 valence electrons. The van der Waals surface area contributed by atoms with E-state index in [9.17, 15) is 0 Å². The number of nitrogens with zero attached hydrogens (tertiary/aromatic N) is 2. The van der Waals surface area contributed by atoms with Crippen molar-refractivity contribution in [2.75, 3.05) is 4.90 Å². The molecule has 1 aliphatic heterocycles. The van der Waals surface area contributed by atoms with Gasteiger partial charge in [-0.1, -0.05) is 194 Å². The Morgan fingerprint density at radius 1 is 0.333 bits per heavy atom. The number of rotatable bonds is 6. The van der Waals surface area contributed by atoms with Crippen LogP contribution in [0.15, 0.2) is 243 Å². The summed E-state index contributed by atoms with van der Waals surface area (Å²) in [7, 11) is 0. The Labute approximate surface area is 367 Å². The van der Waals surface area contributed by atoms with Crippen LogP contribution in [0.3, 0.4) is 0 Å². The molecule has 2 heterocycles. The third-order valence-electron chi connectivity index (χ3n) is 13.6. The number of benzene rings is 10. The fraction of sp³-hybridized carbons (Fsp3) is 0.0164. The molecular formula is C61H40N2. The van der Waals surface area contributed by atoms with Gasteiger partial charge < -0.3 is 9.47 Å². The summed E-state index contributed by atoms with van der Waals surface area (Å²) >= 11 is 0. The third kappa shape index (κ3) is 5.13. The largest absolute Gasteiger partial charge is 0.310 e. The molecule has 63 heavy (non-hydrogen) atoms. The molecule has 1 atom stereocenters. The molecule has 2 heteroatoms. The van der Waals surface area contributed by atoms with Crippen LogP contribution in [-0.4, -0.2) is 4.57 Å². The maximum Gasteiger partial charge on any atom is 0.0754 e. The van der Waals surface area contributed by atoms with Crippen LogP contribution in [0.4, 0.5) is 17.1 Å². The molecule has 10 aromatic carbocycles. The van der Waals surface area contributed by atoms with Crippen molar-refractivity contribution in [1.82, 2.24) is 4.57 Å². The molecule has 0 N–H and O–H groups in total. The van der Waals surface area contributed by atoms with E-state index in [0.29, 0.717) is 0 Å². The minimum Gasteiger partial charge on any atom is -0.310 e. The van der Waals surface area contributed by atoms with E-state index >= 15 is 0 Å². The van der Waals surface area contributed by atoms with Gasteiger partial charge >= 0.3 is 0 Å². The first-order valence-electron chi connectivity index (χ1n) is 21.9. The molecule has 2 nitrogen and oxygen atoms in total. The van der Waals surface area contributed by atoms with Crippen LogP contribution in [0, 0.1) is 0 Å². The van der Waals surface area contributed by atoms with E-state index in [1.165, 1.54) is 94.3 Å². The summed E-state index contributed by atoms with van der Waals surface area (Å²) in [5, 5.41) is 2.58. The van der Waals surface area contributed by atoms with E-state index in [1.807, 2.05) is 0 Å². The van der Waals surface area contributed by atoms with Gasteiger partial charge in [0, 0.05) is 27.7 Å². The van der Waals surface area contributed by atoms with Gasteiger partial charge in [-0.2, -0.15) is 0 Å². The van der Waals surface area contributed by atoms with Gasteiger partial charge in [0.25, 0.3) is 0 Å². The maximum atomic E-state index is 2.51. The standard InChI is InChI=1S/C61H40N2/c1-3-18-41(19-4-1)43-20-15-21-44(40-43)47-24-8-12-33-56(47)62(45-22-5-2-6-23-45)46-38-36-42(37-39-46)48-27-16-31-54-59(48)51-26-7-10-29-52(51)61(54)53-30-11-14-35-58(53)63-57-34-13-9-25-49(57)50-28-17-32-55(61)60(50)63/h1-40H. The van der Waals surface area contributed by atoms with Crippen LogP contribution in [0.25, 0.3) is 72.0 Å². The Morgan fingerprint density at radius 3 is 1.76 bits per heavy atom. The summed E-state index contributed by atoms with van der Waals surface area (Å²) in [5.74, 6) is 0. The molecule has 11 aromatic rings. The van der Waals surface area contributed by atoms with Crippen molar-refractivity contribution in [3.63, 3.8) is 0 Å². The average molecular weight is 801 g/mol. The number of hydrogen-bond acceptors (Lipinski definition) is 1. The Kier molecular flexibility index (Phi) is 7.85. The summed E-state index contributed by atoms with van der Waals surface area (Å²) in [6.45, 7) is 0. The van der Waals surface area contributed by atoms with Gasteiger partial charge in [0.2, 0.25) is 0 Å². The lowest BCUT2D eigenvalue weighted by molar-refractivity contribution is 0.748. The minimum absolute atomic E-state index is 0.492. The Morgan fingerprint density at radius 2 is 0.905 bits per heavy atom. The van der Waals surface area contributed by atoms with Crippen molar-refractivity contribution in [3.8, 4) is 50.2 Å². The molecule has 13 rings (SSSR count). The van der Waals surface area contributed by atoms with Crippen molar-refractivity contribution in [2.45, 2.75) is 5.41 Å². The van der Waals surface area contributed by atoms with Gasteiger partial charge in [0.1, 0.15) is 0 Å². The molecule has 1 unspecified atom stereocenters. The maximum absolute atomic E-state index is 2.51. The smallest absolute Gasteiger partial charge is 0.0754 e. The van der Waals surface area contributed by atoms with E-state index in [-0.39, 0.29) is 0 Å². The number of para-hydroxylation sites is 5. The monoisotopic (exact) mass is 800 g/mol. The fourth-order valence-corrected chi connectivity index (χ4v) is 11.1. The summed E-state index contributed by atoms with van der Waals surface area (Å²) in [6.07, 6.45) is 0. The first kappa shape index (κ1) is 35.5. The molecule has 2 aliphatic rings. The van der Waals surface area contributed by atoms with Crippen LogP contribution in [0.1, 0.15) is 22.3 Å². The molecule has 1 aliphatic carbocycles. The Balaban J connectivity index is 0.984. The second kappa shape index (κ2) is 13.9. The minimum atomic E-state index is -0.492. The molecule has 0 fully saturated rings. The Bertz CT molecular complexity index is 3560. The molecule has 1 spiro atoms. The molecule has 0 saturated heterocycles. The van der Waals surface area contributed by atoms with Crippen molar-refractivity contribution in [1.29, 1.82) is 0 Å². The Hall–Kier alpha value is -8.20. The highest BCUT2D eigenvalue weighted by molar-refractivity contribution is 6.13. The van der Waals surface area contributed by atoms with E-state index in [0.717, 1.165) is 17.1 Å². The zero-order chi connectivity index (χ0) is 41.5. The topological polar surface area (TPSA) is 8.17 Å². The highest BCUT2D eigenvalue weighted by Gasteiger charge is 2.51. The second-order valence-electron chi connectivity index (χ2n) is 16.8. The molecular weight excluding hydrogens is 761 g/mol. The number of hydrogen-bond donors (Lipinski definition) is 0. The van der Waals surface area contributed by atoms with E-state index in [2.05, 4.69) is 252 Å². The van der Waals surface area contributed by atoms with E-state index in [4.69, 9.17) is 0 Å². The van der Waals surface area contributed by atoms with Crippen LogP contribution < -0.4 is 4.90 Å². The third-order valence-corrected chi connectivity index (χ3v) is 13.6. The van der Waals surface area contributed by atoms with Crippen molar-refractivity contribution >= 4 is 38.9 Å². The van der Waals surface area contributed by atoms with Crippen LogP contribution in [-0.2, 0) is 5.41 Å². The van der Waals surface area contributed by atoms with E-state index < -0.39 is 5.41 Å². The van der Waals surface area contributed by atoms with Gasteiger partial charge in [-0.05, 0) is 110 Å². The molecule has 0 radical (unpaired) electrons. The van der Waals surface area contributed by atoms with Crippen molar-refractivity contribution in [3.05, 3.63) is 265 Å². The number of anilines is 3.